The summed E-state index contributed by atoms with van der Waals surface area (Å²) in [5, 5.41) is 8.08. The monoisotopic (exact) mass is 323 g/mol. The molecule has 2 amide bonds. The fourth-order valence-electron chi connectivity index (χ4n) is 2.25. The average Bonchev–Trinajstić information content (AvgIpc) is 2.98. The van der Waals surface area contributed by atoms with Gasteiger partial charge >= 0.3 is 6.03 Å². The molecule has 2 N–H and O–H groups in total. The first-order chi connectivity index (χ1) is 11.1. The Labute approximate surface area is 139 Å². The highest BCUT2D eigenvalue weighted by molar-refractivity contribution is 7.14. The molecule has 5 heteroatoms. The Morgan fingerprint density at radius 2 is 1.83 bits per heavy atom. The van der Waals surface area contributed by atoms with E-state index in [0.29, 0.717) is 5.13 Å². The molecule has 3 aromatic rings. The number of aromatic nitrogens is 1. The quantitative estimate of drug-likeness (QED) is 0.707. The molecule has 2 aromatic carbocycles. The summed E-state index contributed by atoms with van der Waals surface area (Å²) in [6, 6.07) is 15.3. The SMILES string of the molecule is Cc1ccc(C)c(-c2csc(NC(=O)Nc3ccccc3)n2)c1. The van der Waals surface area contributed by atoms with Crippen LogP contribution in [-0.4, -0.2) is 11.0 Å². The number of thiazole rings is 1. The minimum absolute atomic E-state index is 0.293. The largest absolute Gasteiger partial charge is 0.325 e. The minimum atomic E-state index is -0.293. The lowest BCUT2D eigenvalue weighted by Gasteiger charge is -2.05. The highest BCUT2D eigenvalue weighted by atomic mass is 32.1. The maximum Gasteiger partial charge on any atom is 0.325 e. The number of benzene rings is 2. The maximum absolute atomic E-state index is 12.0. The molecule has 0 aliphatic heterocycles. The number of para-hydroxylation sites is 1. The van der Waals surface area contributed by atoms with Crippen LogP contribution < -0.4 is 10.6 Å². The van der Waals surface area contributed by atoms with Gasteiger partial charge in [0.05, 0.1) is 5.69 Å². The van der Waals surface area contributed by atoms with E-state index >= 15 is 0 Å². The summed E-state index contributed by atoms with van der Waals surface area (Å²) in [5.41, 5.74) is 5.08. The summed E-state index contributed by atoms with van der Waals surface area (Å²) >= 11 is 1.41. The number of carbonyl (C=O) groups is 1. The first-order valence-corrected chi connectivity index (χ1v) is 8.16. The topological polar surface area (TPSA) is 54.0 Å². The fraction of sp³-hybridized carbons (Fsp3) is 0.111. The number of nitrogens with zero attached hydrogens (tertiary/aromatic N) is 1. The summed E-state index contributed by atoms with van der Waals surface area (Å²) in [6.07, 6.45) is 0. The van der Waals surface area contributed by atoms with Crippen LogP contribution in [0.4, 0.5) is 15.6 Å². The summed E-state index contributed by atoms with van der Waals surface area (Å²) in [4.78, 5) is 16.5. The Bertz CT molecular complexity index is 827. The van der Waals surface area contributed by atoms with Crippen LogP contribution in [0.2, 0.25) is 0 Å². The second-order valence-corrected chi connectivity index (χ2v) is 6.16. The van der Waals surface area contributed by atoms with Crippen LogP contribution in [0.5, 0.6) is 0 Å². The van der Waals surface area contributed by atoms with Crippen LogP contribution in [0.15, 0.2) is 53.9 Å². The van der Waals surface area contributed by atoms with Crippen LogP contribution in [-0.2, 0) is 0 Å². The van der Waals surface area contributed by atoms with Gasteiger partial charge in [-0.1, -0.05) is 35.9 Å². The van der Waals surface area contributed by atoms with Gasteiger partial charge in [-0.15, -0.1) is 11.3 Å². The normalized spacial score (nSPS) is 10.3. The van der Waals surface area contributed by atoms with E-state index in [1.807, 2.05) is 35.7 Å². The lowest BCUT2D eigenvalue weighted by atomic mass is 10.0. The van der Waals surface area contributed by atoms with Crippen molar-refractivity contribution in [3.63, 3.8) is 0 Å². The van der Waals surface area contributed by atoms with Crippen molar-refractivity contribution < 1.29 is 4.79 Å². The highest BCUT2D eigenvalue weighted by Crippen LogP contribution is 2.28. The van der Waals surface area contributed by atoms with E-state index in [1.165, 1.54) is 22.5 Å². The Hall–Kier alpha value is -2.66. The number of anilines is 2. The molecule has 1 aromatic heterocycles. The van der Waals surface area contributed by atoms with Crippen LogP contribution >= 0.6 is 11.3 Å². The maximum atomic E-state index is 12.0. The van der Waals surface area contributed by atoms with Gasteiger partial charge in [0, 0.05) is 16.6 Å². The van der Waals surface area contributed by atoms with Gasteiger partial charge in [-0.25, -0.2) is 9.78 Å². The lowest BCUT2D eigenvalue weighted by Crippen LogP contribution is -2.19. The summed E-state index contributed by atoms with van der Waals surface area (Å²) in [6.45, 7) is 4.12. The number of rotatable bonds is 3. The molecule has 0 aliphatic rings. The summed E-state index contributed by atoms with van der Waals surface area (Å²) in [7, 11) is 0. The predicted molar refractivity (Wildman–Crippen MR) is 96.1 cm³/mol. The standard InChI is InChI=1S/C18H17N3OS/c1-12-8-9-13(2)15(10-12)16-11-23-18(20-16)21-17(22)19-14-6-4-3-5-7-14/h3-11H,1-2H3,(H2,19,20,21,22). The molecule has 4 nitrogen and oxygen atoms in total. The zero-order valence-corrected chi connectivity index (χ0v) is 13.8. The van der Waals surface area contributed by atoms with Gasteiger partial charge in [0.15, 0.2) is 5.13 Å². The Morgan fingerprint density at radius 3 is 2.61 bits per heavy atom. The van der Waals surface area contributed by atoms with Crippen LogP contribution in [0.1, 0.15) is 11.1 Å². The second-order valence-electron chi connectivity index (χ2n) is 5.30. The molecule has 0 fully saturated rings. The van der Waals surface area contributed by atoms with Crippen LogP contribution in [0, 0.1) is 13.8 Å². The molecule has 3 rings (SSSR count). The molecule has 0 saturated heterocycles. The number of aryl methyl sites for hydroxylation is 2. The molecule has 23 heavy (non-hydrogen) atoms. The smallest absolute Gasteiger partial charge is 0.308 e. The Balaban J connectivity index is 1.72. The number of nitrogens with one attached hydrogen (secondary N) is 2. The molecule has 0 aliphatic carbocycles. The summed E-state index contributed by atoms with van der Waals surface area (Å²) < 4.78 is 0. The van der Waals surface area contributed by atoms with E-state index in [9.17, 15) is 4.79 Å². The van der Waals surface area contributed by atoms with E-state index in [1.54, 1.807) is 0 Å². The number of hydrogen-bond acceptors (Lipinski definition) is 3. The third-order valence-corrected chi connectivity index (χ3v) is 4.18. The van der Waals surface area contributed by atoms with Gasteiger partial charge in [-0.05, 0) is 37.6 Å². The zero-order valence-electron chi connectivity index (χ0n) is 13.0. The molecular weight excluding hydrogens is 306 g/mol. The van der Waals surface area contributed by atoms with Crippen molar-refractivity contribution in [2.75, 3.05) is 10.6 Å². The van der Waals surface area contributed by atoms with Crippen molar-refractivity contribution in [3.8, 4) is 11.3 Å². The van der Waals surface area contributed by atoms with Gasteiger partial charge in [-0.3, -0.25) is 5.32 Å². The van der Waals surface area contributed by atoms with Crippen molar-refractivity contribution >= 4 is 28.2 Å². The van der Waals surface area contributed by atoms with E-state index < -0.39 is 0 Å². The van der Waals surface area contributed by atoms with Crippen molar-refractivity contribution in [2.45, 2.75) is 13.8 Å². The Kier molecular flexibility index (Phi) is 4.39. The van der Waals surface area contributed by atoms with Gasteiger partial charge < -0.3 is 5.32 Å². The third-order valence-electron chi connectivity index (χ3n) is 3.43. The average molecular weight is 323 g/mol. The molecule has 1 heterocycles. The first-order valence-electron chi connectivity index (χ1n) is 7.28. The molecular formula is C18H17N3OS. The lowest BCUT2D eigenvalue weighted by molar-refractivity contribution is 0.262. The van der Waals surface area contributed by atoms with Crippen molar-refractivity contribution in [1.29, 1.82) is 0 Å². The predicted octanol–water partition coefficient (Wildman–Crippen LogP) is 5.07. The highest BCUT2D eigenvalue weighted by Gasteiger charge is 2.10. The van der Waals surface area contributed by atoms with Crippen molar-refractivity contribution in [2.24, 2.45) is 0 Å². The van der Waals surface area contributed by atoms with Crippen molar-refractivity contribution in [3.05, 3.63) is 65.0 Å². The van der Waals surface area contributed by atoms with E-state index in [4.69, 9.17) is 0 Å². The minimum Gasteiger partial charge on any atom is -0.308 e. The van der Waals surface area contributed by atoms with Crippen LogP contribution in [0.3, 0.4) is 0 Å². The van der Waals surface area contributed by atoms with Gasteiger partial charge in [0.1, 0.15) is 0 Å². The van der Waals surface area contributed by atoms with Gasteiger partial charge in [0.2, 0.25) is 0 Å². The molecule has 116 valence electrons. The molecule has 0 spiro atoms. The van der Waals surface area contributed by atoms with Crippen molar-refractivity contribution in [1.82, 2.24) is 4.98 Å². The van der Waals surface area contributed by atoms with E-state index in [0.717, 1.165) is 16.9 Å². The number of amides is 2. The number of urea groups is 1. The van der Waals surface area contributed by atoms with Crippen LogP contribution in [0.25, 0.3) is 11.3 Å². The van der Waals surface area contributed by atoms with Gasteiger partial charge in [0.25, 0.3) is 0 Å². The second kappa shape index (κ2) is 6.62. The summed E-state index contributed by atoms with van der Waals surface area (Å²) in [5.74, 6) is 0. The zero-order chi connectivity index (χ0) is 16.2. The molecule has 0 radical (unpaired) electrons. The third kappa shape index (κ3) is 3.76. The van der Waals surface area contributed by atoms with Gasteiger partial charge in [-0.2, -0.15) is 0 Å². The first kappa shape index (κ1) is 15.2. The van der Waals surface area contributed by atoms with E-state index in [2.05, 4.69) is 47.7 Å². The number of hydrogen-bond donors (Lipinski definition) is 2. The Morgan fingerprint density at radius 1 is 1.04 bits per heavy atom. The molecule has 0 atom stereocenters. The molecule has 0 bridgehead atoms. The fourth-order valence-corrected chi connectivity index (χ4v) is 2.95. The molecule has 0 unspecified atom stereocenters. The number of carbonyl (C=O) groups excluding carboxylic acids is 1. The van der Waals surface area contributed by atoms with E-state index in [-0.39, 0.29) is 6.03 Å². The molecule has 0 saturated carbocycles.